The predicted molar refractivity (Wildman–Crippen MR) is 79.1 cm³/mol. The van der Waals surface area contributed by atoms with Crippen LogP contribution in [-0.4, -0.2) is 35.5 Å². The van der Waals surface area contributed by atoms with E-state index in [1.165, 1.54) is 0 Å². The monoisotopic (exact) mass is 342 g/mol. The van der Waals surface area contributed by atoms with Crippen LogP contribution in [0.4, 0.5) is 0 Å². The fourth-order valence-electron chi connectivity index (χ4n) is 2.68. The van der Waals surface area contributed by atoms with Crippen LogP contribution in [-0.2, 0) is 6.42 Å². The van der Waals surface area contributed by atoms with Crippen molar-refractivity contribution in [2.24, 2.45) is 17.6 Å². The highest BCUT2D eigenvalue weighted by Gasteiger charge is 2.30. The van der Waals surface area contributed by atoms with Crippen molar-refractivity contribution in [3.05, 3.63) is 33.8 Å². The van der Waals surface area contributed by atoms with E-state index >= 15 is 0 Å². The van der Waals surface area contributed by atoms with Crippen LogP contribution in [0.1, 0.15) is 22.3 Å². The molecule has 110 valence electrons. The number of primary amides is 1. The second kappa shape index (κ2) is 6.67. The summed E-state index contributed by atoms with van der Waals surface area (Å²) in [6.07, 6.45) is 0.144. The first-order valence-electron chi connectivity index (χ1n) is 6.64. The molecule has 0 aliphatic carbocycles. The molecule has 1 saturated heterocycles. The maximum atomic E-state index is 11.1. The summed E-state index contributed by atoms with van der Waals surface area (Å²) in [4.78, 5) is 11.1. The van der Waals surface area contributed by atoms with Gasteiger partial charge < -0.3 is 21.3 Å². The van der Waals surface area contributed by atoms with Gasteiger partial charge in [-0.2, -0.15) is 0 Å². The maximum Gasteiger partial charge on any atom is 0.248 e. The van der Waals surface area contributed by atoms with Gasteiger partial charge >= 0.3 is 0 Å². The van der Waals surface area contributed by atoms with Crippen LogP contribution in [0.5, 0.6) is 0 Å². The molecule has 0 bridgehead atoms. The van der Waals surface area contributed by atoms with Crippen molar-refractivity contribution >= 4 is 21.8 Å². The normalized spacial score (nSPS) is 20.3. The summed E-state index contributed by atoms with van der Waals surface area (Å²) in [7, 11) is 0. The molecule has 6 heteroatoms. The van der Waals surface area contributed by atoms with E-state index in [4.69, 9.17) is 5.73 Å². The van der Waals surface area contributed by atoms with Gasteiger partial charge in [0.2, 0.25) is 5.91 Å². The summed E-state index contributed by atoms with van der Waals surface area (Å²) >= 11 is 3.41. The summed E-state index contributed by atoms with van der Waals surface area (Å²) < 4.78 is 0.769. The molecule has 1 aliphatic rings. The molecule has 0 saturated carbocycles. The molecule has 5 N–H and O–H groups in total. The van der Waals surface area contributed by atoms with E-state index < -0.39 is 12.2 Å². The summed E-state index contributed by atoms with van der Waals surface area (Å²) in [5.74, 6) is -0.450. The van der Waals surface area contributed by atoms with E-state index in [2.05, 4.69) is 21.2 Å². The lowest BCUT2D eigenvalue weighted by atomic mass is 9.85. The van der Waals surface area contributed by atoms with E-state index in [0.29, 0.717) is 12.0 Å². The van der Waals surface area contributed by atoms with Gasteiger partial charge in [0.25, 0.3) is 0 Å². The van der Waals surface area contributed by atoms with Crippen LogP contribution >= 0.6 is 15.9 Å². The first kappa shape index (κ1) is 15.4. The number of carbonyl (C=O) groups excluding carboxylic acids is 1. The van der Waals surface area contributed by atoms with Gasteiger partial charge in [-0.3, -0.25) is 4.79 Å². The van der Waals surface area contributed by atoms with Gasteiger partial charge in [0.05, 0.1) is 0 Å². The number of nitrogens with one attached hydrogen (secondary N) is 1. The van der Waals surface area contributed by atoms with E-state index in [-0.39, 0.29) is 11.8 Å². The van der Waals surface area contributed by atoms with Crippen molar-refractivity contribution in [1.29, 1.82) is 0 Å². The maximum absolute atomic E-state index is 11.1. The number of carbonyl (C=O) groups is 1. The minimum Gasteiger partial charge on any atom is -0.368 e. The van der Waals surface area contributed by atoms with Crippen LogP contribution in [0.3, 0.4) is 0 Å². The Morgan fingerprint density at radius 1 is 1.50 bits per heavy atom. The van der Waals surface area contributed by atoms with Gasteiger partial charge in [-0.15, -0.1) is 0 Å². The van der Waals surface area contributed by atoms with Crippen LogP contribution in [0, 0.1) is 11.8 Å². The van der Waals surface area contributed by atoms with Gasteiger partial charge in [-0.25, -0.2) is 0 Å². The number of aliphatic hydroxyl groups excluding tert-OH is 1. The van der Waals surface area contributed by atoms with Crippen molar-refractivity contribution < 1.29 is 15.0 Å². The minimum atomic E-state index is -1.34. The number of aliphatic hydroxyl groups is 2. The average molecular weight is 343 g/mol. The zero-order chi connectivity index (χ0) is 14.7. The lowest BCUT2D eigenvalue weighted by Crippen LogP contribution is -2.31. The first-order valence-corrected chi connectivity index (χ1v) is 7.43. The second-order valence-corrected chi connectivity index (χ2v) is 6.06. The van der Waals surface area contributed by atoms with E-state index in [9.17, 15) is 15.0 Å². The van der Waals surface area contributed by atoms with Crippen LogP contribution < -0.4 is 11.1 Å². The summed E-state index contributed by atoms with van der Waals surface area (Å²) in [6, 6.07) is 5.14. The Morgan fingerprint density at radius 2 is 2.25 bits per heavy atom. The summed E-state index contributed by atoms with van der Waals surface area (Å²) in [5.41, 5.74) is 6.61. The molecule has 1 heterocycles. The molecule has 1 aromatic carbocycles. The van der Waals surface area contributed by atoms with Crippen molar-refractivity contribution in [3.8, 4) is 0 Å². The molecule has 0 unspecified atom stereocenters. The van der Waals surface area contributed by atoms with Crippen molar-refractivity contribution in [2.45, 2.75) is 19.1 Å². The zero-order valence-corrected chi connectivity index (χ0v) is 12.6. The Kier molecular flexibility index (Phi) is 5.15. The topological polar surface area (TPSA) is 95.6 Å². The number of hydrogen-bond acceptors (Lipinski definition) is 4. The van der Waals surface area contributed by atoms with Crippen molar-refractivity contribution in [3.63, 3.8) is 0 Å². The van der Waals surface area contributed by atoms with Gasteiger partial charge in [0.15, 0.2) is 6.29 Å². The molecular formula is C14H19BrN2O3. The molecule has 0 spiro atoms. The number of amides is 1. The molecule has 1 fully saturated rings. The zero-order valence-electron chi connectivity index (χ0n) is 11.1. The molecule has 2 rings (SSSR count). The van der Waals surface area contributed by atoms with Crippen LogP contribution in [0.2, 0.25) is 0 Å². The first-order chi connectivity index (χ1) is 9.49. The van der Waals surface area contributed by atoms with Crippen molar-refractivity contribution in [2.75, 3.05) is 13.1 Å². The number of nitrogens with two attached hydrogens (primary N) is 1. The highest BCUT2D eigenvalue weighted by Crippen LogP contribution is 2.29. The summed E-state index contributed by atoms with van der Waals surface area (Å²) in [6.45, 7) is 1.72. The quantitative estimate of drug-likeness (QED) is 0.590. The fraction of sp³-hybridized carbons (Fsp3) is 0.500. The standard InChI is InChI=1S/C14H19BrN2O3/c15-12-6-9(13(16)18)2-1-8(12)5-11(14(19)20)10-3-4-17-7-10/h1-2,6,10-11,14,17,19-20H,3-5,7H2,(H2,16,18)/t10-,11-/m0/s1. The third kappa shape index (κ3) is 3.58. The predicted octanol–water partition coefficient (Wildman–Crippen LogP) is 0.627. The third-order valence-electron chi connectivity index (χ3n) is 3.88. The van der Waals surface area contributed by atoms with Gasteiger partial charge in [-0.1, -0.05) is 22.0 Å². The molecule has 5 nitrogen and oxygen atoms in total. The molecular weight excluding hydrogens is 324 g/mol. The Balaban J connectivity index is 2.16. The number of hydrogen-bond donors (Lipinski definition) is 4. The van der Waals surface area contributed by atoms with Gasteiger partial charge in [-0.05, 0) is 49.5 Å². The lowest BCUT2D eigenvalue weighted by molar-refractivity contribution is -0.0979. The fourth-order valence-corrected chi connectivity index (χ4v) is 3.22. The number of rotatable bonds is 5. The highest BCUT2D eigenvalue weighted by molar-refractivity contribution is 9.10. The van der Waals surface area contributed by atoms with E-state index in [1.54, 1.807) is 12.1 Å². The van der Waals surface area contributed by atoms with Gasteiger partial charge in [0.1, 0.15) is 0 Å². The van der Waals surface area contributed by atoms with E-state index in [0.717, 1.165) is 29.5 Å². The Morgan fingerprint density at radius 3 is 2.75 bits per heavy atom. The Hall–Kier alpha value is -0.950. The smallest absolute Gasteiger partial charge is 0.248 e. The molecule has 1 aliphatic heterocycles. The molecule has 1 aromatic rings. The highest BCUT2D eigenvalue weighted by atomic mass is 79.9. The molecule has 0 aromatic heterocycles. The molecule has 20 heavy (non-hydrogen) atoms. The molecule has 1 amide bonds. The number of benzene rings is 1. The van der Waals surface area contributed by atoms with Crippen LogP contribution in [0.25, 0.3) is 0 Å². The van der Waals surface area contributed by atoms with Crippen LogP contribution in [0.15, 0.2) is 22.7 Å². The van der Waals surface area contributed by atoms with Crippen molar-refractivity contribution in [1.82, 2.24) is 5.32 Å². The third-order valence-corrected chi connectivity index (χ3v) is 4.62. The Bertz CT molecular complexity index is 487. The summed E-state index contributed by atoms with van der Waals surface area (Å²) in [5, 5.41) is 22.4. The molecule has 0 radical (unpaired) electrons. The average Bonchev–Trinajstić information content (AvgIpc) is 2.90. The Labute approximate surface area is 126 Å². The van der Waals surface area contributed by atoms with E-state index in [1.807, 2.05) is 6.07 Å². The molecule has 2 atom stereocenters. The SMILES string of the molecule is NC(=O)c1ccc(C[C@H](C(O)O)[C@H]2CCNC2)c(Br)c1. The largest absolute Gasteiger partial charge is 0.368 e. The minimum absolute atomic E-state index is 0.222. The lowest BCUT2D eigenvalue weighted by Gasteiger charge is -2.25. The number of halogens is 1. The second-order valence-electron chi connectivity index (χ2n) is 5.20. The van der Waals surface area contributed by atoms with Gasteiger partial charge in [0, 0.05) is 16.0 Å².